The summed E-state index contributed by atoms with van der Waals surface area (Å²) in [5, 5.41) is 10.9. The highest BCUT2D eigenvalue weighted by Crippen LogP contribution is 2.42. The molecule has 0 heterocycles. The van der Waals surface area contributed by atoms with Crippen LogP contribution in [-0.2, 0) is 10.8 Å². The van der Waals surface area contributed by atoms with E-state index >= 15 is 0 Å². The van der Waals surface area contributed by atoms with Crippen LogP contribution in [0.2, 0.25) is 0 Å². The van der Waals surface area contributed by atoms with Crippen LogP contribution in [-0.4, -0.2) is 0 Å². The molecule has 0 aliphatic carbocycles. The van der Waals surface area contributed by atoms with Crippen molar-refractivity contribution in [1.82, 2.24) is 0 Å². The molecule has 5 aromatic carbocycles. The van der Waals surface area contributed by atoms with E-state index in [1.165, 1.54) is 59.8 Å². The van der Waals surface area contributed by atoms with Gasteiger partial charge >= 0.3 is 0 Å². The van der Waals surface area contributed by atoms with Gasteiger partial charge in [-0.15, -0.1) is 0 Å². The van der Waals surface area contributed by atoms with Crippen molar-refractivity contribution in [2.24, 2.45) is 0 Å². The summed E-state index contributed by atoms with van der Waals surface area (Å²) in [4.78, 5) is 0. The molecule has 5 rings (SSSR count). The van der Waals surface area contributed by atoms with Crippen LogP contribution in [0.25, 0.3) is 43.1 Å². The first-order chi connectivity index (χ1) is 14.6. The minimum absolute atomic E-state index is 0.0730. The summed E-state index contributed by atoms with van der Waals surface area (Å²) in [5.41, 5.74) is 4.35. The Morgan fingerprint density at radius 3 is 1.71 bits per heavy atom. The summed E-state index contributed by atoms with van der Waals surface area (Å²) >= 11 is 0. The first kappa shape index (κ1) is 20.1. The zero-order valence-corrected chi connectivity index (χ0v) is 19.9. The fourth-order valence-corrected chi connectivity index (χ4v) is 5.04. The van der Waals surface area contributed by atoms with Crippen LogP contribution >= 0.6 is 0 Å². The van der Waals surface area contributed by atoms with Crippen molar-refractivity contribution in [2.45, 2.75) is 59.3 Å². The summed E-state index contributed by atoms with van der Waals surface area (Å²) < 4.78 is 0. The summed E-state index contributed by atoms with van der Waals surface area (Å²) in [7, 11) is 0. The molecule has 0 fully saturated rings. The van der Waals surface area contributed by atoms with E-state index in [0.717, 1.165) is 0 Å². The van der Waals surface area contributed by atoms with Crippen LogP contribution in [0.4, 0.5) is 0 Å². The summed E-state index contributed by atoms with van der Waals surface area (Å²) in [5.74, 6) is 0. The lowest BCUT2D eigenvalue weighted by atomic mass is 9.80. The normalized spacial score (nSPS) is 13.0. The van der Waals surface area contributed by atoms with E-state index in [2.05, 4.69) is 115 Å². The molecule has 156 valence electrons. The number of hydrogen-bond donors (Lipinski definition) is 0. The van der Waals surface area contributed by atoms with Gasteiger partial charge < -0.3 is 0 Å². The van der Waals surface area contributed by atoms with E-state index in [0.29, 0.717) is 0 Å². The second-order valence-corrected chi connectivity index (χ2v) is 11.2. The largest absolute Gasteiger partial charge is 0.0584 e. The van der Waals surface area contributed by atoms with Crippen molar-refractivity contribution in [3.05, 3.63) is 83.4 Å². The number of benzene rings is 5. The van der Waals surface area contributed by atoms with Crippen LogP contribution < -0.4 is 0 Å². The Morgan fingerprint density at radius 2 is 1.06 bits per heavy atom. The van der Waals surface area contributed by atoms with Gasteiger partial charge in [0.1, 0.15) is 0 Å². The molecule has 0 nitrogen and oxygen atoms in total. The lowest BCUT2D eigenvalue weighted by Gasteiger charge is -2.24. The standard InChI is InChI=1S/C31H32/c1-19-8-17-26(31(5,6)7)29-24(19)16-14-22-12-11-21-10-9-20-13-15-23(30(2,3)4)18-25(20)27(21)28(22)29/h8-18H,1-7H3. The Balaban J connectivity index is 2.11. The average Bonchev–Trinajstić information content (AvgIpc) is 2.71. The molecule has 0 unspecified atom stereocenters. The second-order valence-electron chi connectivity index (χ2n) is 11.2. The quantitative estimate of drug-likeness (QED) is 0.226. The van der Waals surface area contributed by atoms with Gasteiger partial charge in [-0.1, -0.05) is 102 Å². The van der Waals surface area contributed by atoms with Crippen molar-refractivity contribution in [2.75, 3.05) is 0 Å². The molecule has 0 aromatic heterocycles. The third kappa shape index (κ3) is 3.12. The third-order valence-corrected chi connectivity index (χ3v) is 6.85. The Bertz CT molecular complexity index is 1480. The highest BCUT2D eigenvalue weighted by Gasteiger charge is 2.21. The van der Waals surface area contributed by atoms with E-state index in [9.17, 15) is 0 Å². The summed E-state index contributed by atoms with van der Waals surface area (Å²) in [6.45, 7) is 16.1. The minimum Gasteiger partial charge on any atom is -0.0584 e. The van der Waals surface area contributed by atoms with Gasteiger partial charge in [0.15, 0.2) is 0 Å². The van der Waals surface area contributed by atoms with Gasteiger partial charge in [-0.2, -0.15) is 0 Å². The average molecular weight is 405 g/mol. The van der Waals surface area contributed by atoms with Crippen molar-refractivity contribution >= 4 is 43.1 Å². The highest BCUT2D eigenvalue weighted by atomic mass is 14.2. The smallest absolute Gasteiger partial charge is 0.00175 e. The second kappa shape index (κ2) is 6.57. The molecular weight excluding hydrogens is 372 g/mol. The first-order valence-electron chi connectivity index (χ1n) is 11.4. The predicted octanol–water partition coefficient (Wildman–Crippen LogP) is 9.20. The molecule has 0 amide bonds. The zero-order chi connectivity index (χ0) is 22.1. The van der Waals surface area contributed by atoms with E-state index in [1.54, 1.807) is 0 Å². The molecule has 0 N–H and O–H groups in total. The van der Waals surface area contributed by atoms with Gasteiger partial charge in [0.05, 0.1) is 0 Å². The first-order valence-corrected chi connectivity index (χ1v) is 11.4. The molecular formula is C31H32. The van der Waals surface area contributed by atoms with Gasteiger partial charge in [-0.3, -0.25) is 0 Å². The van der Waals surface area contributed by atoms with Gasteiger partial charge in [0.25, 0.3) is 0 Å². The highest BCUT2D eigenvalue weighted by molar-refractivity contribution is 6.28. The van der Waals surface area contributed by atoms with Crippen molar-refractivity contribution in [3.63, 3.8) is 0 Å². The zero-order valence-electron chi connectivity index (χ0n) is 19.9. The van der Waals surface area contributed by atoms with Crippen LogP contribution in [0.15, 0.2) is 66.7 Å². The van der Waals surface area contributed by atoms with Crippen molar-refractivity contribution < 1.29 is 0 Å². The number of fused-ring (bicyclic) bond motifs is 7. The van der Waals surface area contributed by atoms with Gasteiger partial charge in [0, 0.05) is 0 Å². The van der Waals surface area contributed by atoms with Gasteiger partial charge in [-0.25, -0.2) is 0 Å². The maximum atomic E-state index is 2.43. The Morgan fingerprint density at radius 1 is 0.484 bits per heavy atom. The lowest BCUT2D eigenvalue weighted by molar-refractivity contribution is 0.591. The van der Waals surface area contributed by atoms with Crippen LogP contribution in [0.1, 0.15) is 58.2 Å². The van der Waals surface area contributed by atoms with Crippen molar-refractivity contribution in [1.29, 1.82) is 0 Å². The van der Waals surface area contributed by atoms with Gasteiger partial charge in [0.2, 0.25) is 0 Å². The van der Waals surface area contributed by atoms with E-state index in [1.807, 2.05) is 0 Å². The van der Waals surface area contributed by atoms with Crippen LogP contribution in [0.5, 0.6) is 0 Å². The Hall–Kier alpha value is -2.86. The molecule has 0 radical (unpaired) electrons. The van der Waals surface area contributed by atoms with E-state index in [4.69, 9.17) is 0 Å². The maximum absolute atomic E-state index is 2.43. The molecule has 0 saturated heterocycles. The molecule has 0 spiro atoms. The fraction of sp³-hybridized carbons (Fsp3) is 0.290. The SMILES string of the molecule is Cc1ccc(C(C)(C)C)c2c1ccc1ccc3ccc4ccc(C(C)(C)C)cc4c3c12. The van der Waals surface area contributed by atoms with E-state index in [-0.39, 0.29) is 10.8 Å². The molecule has 0 heteroatoms. The lowest BCUT2D eigenvalue weighted by Crippen LogP contribution is -2.12. The summed E-state index contributed by atoms with van der Waals surface area (Å²) in [6.07, 6.45) is 0. The van der Waals surface area contributed by atoms with Gasteiger partial charge in [-0.05, 0) is 83.6 Å². The van der Waals surface area contributed by atoms with Crippen LogP contribution in [0, 0.1) is 6.92 Å². The van der Waals surface area contributed by atoms with Crippen LogP contribution in [0.3, 0.4) is 0 Å². The molecule has 0 saturated carbocycles. The molecule has 31 heavy (non-hydrogen) atoms. The number of hydrogen-bond acceptors (Lipinski definition) is 0. The fourth-order valence-electron chi connectivity index (χ4n) is 5.04. The summed E-state index contributed by atoms with van der Waals surface area (Å²) in [6, 6.07) is 25.4. The third-order valence-electron chi connectivity index (χ3n) is 6.85. The maximum Gasteiger partial charge on any atom is -0.00175 e. The topological polar surface area (TPSA) is 0 Å². The molecule has 5 aromatic rings. The van der Waals surface area contributed by atoms with E-state index < -0.39 is 0 Å². The molecule has 0 aliphatic heterocycles. The minimum atomic E-state index is 0.0730. The molecule has 0 atom stereocenters. The number of rotatable bonds is 0. The van der Waals surface area contributed by atoms with Crippen molar-refractivity contribution in [3.8, 4) is 0 Å². The Labute approximate surface area is 185 Å². The molecule has 0 bridgehead atoms. The number of aryl methyl sites for hydroxylation is 1. The monoisotopic (exact) mass is 404 g/mol. The predicted molar refractivity (Wildman–Crippen MR) is 139 cm³/mol. The Kier molecular flexibility index (Phi) is 4.25. The molecule has 0 aliphatic rings.